The molecule has 0 amide bonds. The van der Waals surface area contributed by atoms with Crippen LogP contribution in [-0.2, 0) is 0 Å². The van der Waals surface area contributed by atoms with E-state index in [1.165, 1.54) is 0 Å². The van der Waals surface area contributed by atoms with Crippen molar-refractivity contribution in [1.82, 2.24) is 0 Å². The summed E-state index contributed by atoms with van der Waals surface area (Å²) in [5.74, 6) is 0.760. The van der Waals surface area contributed by atoms with Crippen LogP contribution in [0.4, 0.5) is 4.39 Å². The van der Waals surface area contributed by atoms with Crippen molar-refractivity contribution in [3.63, 3.8) is 0 Å². The number of ether oxygens (including phenoxy) is 1. The molecule has 0 bridgehead atoms. The van der Waals surface area contributed by atoms with Crippen LogP contribution >= 0.6 is 0 Å². The molecule has 0 spiro atoms. The standard InChI is InChI=1S/C11H16FNO/c1-2-14-11-6-4-3-5-9(11)10(13)7-8-12/h3-6,10H,2,7-8,13H2,1H3/t10-/m0/s1. The van der Waals surface area contributed by atoms with Gasteiger partial charge in [-0.05, 0) is 19.4 Å². The first-order valence-electron chi connectivity index (χ1n) is 4.82. The van der Waals surface area contributed by atoms with E-state index >= 15 is 0 Å². The second-order valence-electron chi connectivity index (χ2n) is 3.05. The topological polar surface area (TPSA) is 35.2 Å². The Labute approximate surface area is 83.9 Å². The van der Waals surface area contributed by atoms with Crippen LogP contribution in [0.1, 0.15) is 24.9 Å². The van der Waals surface area contributed by atoms with E-state index < -0.39 is 6.67 Å². The van der Waals surface area contributed by atoms with Crippen LogP contribution < -0.4 is 10.5 Å². The van der Waals surface area contributed by atoms with Crippen LogP contribution in [0.2, 0.25) is 0 Å². The van der Waals surface area contributed by atoms with E-state index in [0.29, 0.717) is 13.0 Å². The van der Waals surface area contributed by atoms with Crippen molar-refractivity contribution in [1.29, 1.82) is 0 Å². The Morgan fingerprint density at radius 3 is 2.79 bits per heavy atom. The summed E-state index contributed by atoms with van der Waals surface area (Å²) in [6, 6.07) is 7.23. The van der Waals surface area contributed by atoms with Crippen LogP contribution in [0.5, 0.6) is 5.75 Å². The van der Waals surface area contributed by atoms with Crippen LogP contribution in [0.15, 0.2) is 24.3 Å². The second-order valence-corrected chi connectivity index (χ2v) is 3.05. The molecule has 0 fully saturated rings. The lowest BCUT2D eigenvalue weighted by molar-refractivity contribution is 0.331. The highest BCUT2D eigenvalue weighted by atomic mass is 19.1. The van der Waals surface area contributed by atoms with E-state index in [2.05, 4.69) is 0 Å². The zero-order valence-corrected chi connectivity index (χ0v) is 8.37. The molecule has 0 radical (unpaired) electrons. The van der Waals surface area contributed by atoms with Crippen molar-refractivity contribution >= 4 is 0 Å². The van der Waals surface area contributed by atoms with Crippen molar-refractivity contribution in [3.8, 4) is 5.75 Å². The number of para-hydroxylation sites is 1. The molecule has 2 nitrogen and oxygen atoms in total. The van der Waals surface area contributed by atoms with Crippen molar-refractivity contribution in [2.45, 2.75) is 19.4 Å². The molecule has 1 aromatic rings. The van der Waals surface area contributed by atoms with Gasteiger partial charge in [-0.3, -0.25) is 4.39 Å². The van der Waals surface area contributed by atoms with Crippen molar-refractivity contribution in [2.75, 3.05) is 13.3 Å². The zero-order valence-electron chi connectivity index (χ0n) is 8.37. The van der Waals surface area contributed by atoms with Crippen LogP contribution in [-0.4, -0.2) is 13.3 Å². The number of halogens is 1. The molecule has 0 aliphatic rings. The predicted octanol–water partition coefficient (Wildman–Crippen LogP) is 2.44. The zero-order chi connectivity index (χ0) is 10.4. The van der Waals surface area contributed by atoms with Gasteiger partial charge in [0.15, 0.2) is 0 Å². The summed E-state index contributed by atoms with van der Waals surface area (Å²) in [6.45, 7) is 2.11. The summed E-state index contributed by atoms with van der Waals surface area (Å²) < 4.78 is 17.5. The fraction of sp³-hybridized carbons (Fsp3) is 0.455. The lowest BCUT2D eigenvalue weighted by atomic mass is 10.0. The van der Waals surface area contributed by atoms with Gasteiger partial charge < -0.3 is 10.5 Å². The van der Waals surface area contributed by atoms with Crippen LogP contribution in [0, 0.1) is 0 Å². The number of benzene rings is 1. The molecule has 0 aliphatic carbocycles. The van der Waals surface area contributed by atoms with E-state index in [1.807, 2.05) is 31.2 Å². The van der Waals surface area contributed by atoms with Gasteiger partial charge >= 0.3 is 0 Å². The molecule has 0 saturated heterocycles. The quantitative estimate of drug-likeness (QED) is 0.786. The van der Waals surface area contributed by atoms with Crippen molar-refractivity contribution < 1.29 is 9.13 Å². The number of hydrogen-bond acceptors (Lipinski definition) is 2. The minimum Gasteiger partial charge on any atom is -0.494 e. The third-order valence-electron chi connectivity index (χ3n) is 2.04. The largest absolute Gasteiger partial charge is 0.494 e. The molecular formula is C11H16FNO. The van der Waals surface area contributed by atoms with Gasteiger partial charge in [-0.15, -0.1) is 0 Å². The molecule has 2 N–H and O–H groups in total. The lowest BCUT2D eigenvalue weighted by Gasteiger charge is -2.14. The van der Waals surface area contributed by atoms with Gasteiger partial charge in [-0.1, -0.05) is 18.2 Å². The van der Waals surface area contributed by atoms with Crippen LogP contribution in [0.3, 0.4) is 0 Å². The minimum atomic E-state index is -0.401. The molecule has 0 aromatic heterocycles. The lowest BCUT2D eigenvalue weighted by Crippen LogP contribution is -2.12. The first kappa shape index (κ1) is 11.0. The van der Waals surface area contributed by atoms with Gasteiger partial charge in [-0.25, -0.2) is 0 Å². The fourth-order valence-corrected chi connectivity index (χ4v) is 1.35. The molecule has 0 aliphatic heterocycles. The maximum absolute atomic E-state index is 12.1. The van der Waals surface area contributed by atoms with Gasteiger partial charge in [0.1, 0.15) is 5.75 Å². The Morgan fingerprint density at radius 1 is 1.43 bits per heavy atom. The van der Waals surface area contributed by atoms with E-state index in [4.69, 9.17) is 10.5 Å². The summed E-state index contributed by atoms with van der Waals surface area (Å²) in [5, 5.41) is 0. The number of rotatable bonds is 5. The molecule has 1 aromatic carbocycles. The highest BCUT2D eigenvalue weighted by Gasteiger charge is 2.10. The SMILES string of the molecule is CCOc1ccccc1[C@@H](N)CCF. The Hall–Kier alpha value is -1.09. The average Bonchev–Trinajstić information content (AvgIpc) is 2.19. The molecular weight excluding hydrogens is 181 g/mol. The summed E-state index contributed by atoms with van der Waals surface area (Å²) in [6.07, 6.45) is 0.337. The Kier molecular flexibility index (Phi) is 4.40. The van der Waals surface area contributed by atoms with E-state index in [1.54, 1.807) is 0 Å². The summed E-state index contributed by atoms with van der Waals surface area (Å²) in [7, 11) is 0. The van der Waals surface area contributed by atoms with Gasteiger partial charge in [0.25, 0.3) is 0 Å². The Bertz CT molecular complexity index is 278. The first-order chi connectivity index (χ1) is 6.79. The normalized spacial score (nSPS) is 12.5. The van der Waals surface area contributed by atoms with Crippen LogP contribution in [0.25, 0.3) is 0 Å². The smallest absolute Gasteiger partial charge is 0.124 e. The van der Waals surface area contributed by atoms with Gasteiger partial charge in [-0.2, -0.15) is 0 Å². The molecule has 0 heterocycles. The highest BCUT2D eigenvalue weighted by Crippen LogP contribution is 2.25. The first-order valence-corrected chi connectivity index (χ1v) is 4.82. The average molecular weight is 197 g/mol. The molecule has 1 rings (SSSR count). The van der Waals surface area contributed by atoms with E-state index in [-0.39, 0.29) is 6.04 Å². The van der Waals surface area contributed by atoms with Crippen molar-refractivity contribution in [3.05, 3.63) is 29.8 Å². The third kappa shape index (κ3) is 2.70. The van der Waals surface area contributed by atoms with Gasteiger partial charge in [0.05, 0.1) is 13.3 Å². The van der Waals surface area contributed by atoms with Gasteiger partial charge in [0.2, 0.25) is 0 Å². The predicted molar refractivity (Wildman–Crippen MR) is 55.1 cm³/mol. The van der Waals surface area contributed by atoms with Gasteiger partial charge in [0, 0.05) is 11.6 Å². The maximum Gasteiger partial charge on any atom is 0.124 e. The third-order valence-corrected chi connectivity index (χ3v) is 2.04. The van der Waals surface area contributed by atoms with E-state index in [0.717, 1.165) is 11.3 Å². The summed E-state index contributed by atoms with van der Waals surface area (Å²) in [5.41, 5.74) is 6.70. The molecule has 0 saturated carbocycles. The number of nitrogens with two attached hydrogens (primary N) is 1. The highest BCUT2D eigenvalue weighted by molar-refractivity contribution is 5.35. The second kappa shape index (κ2) is 5.60. The molecule has 14 heavy (non-hydrogen) atoms. The Balaban J connectivity index is 2.82. The summed E-state index contributed by atoms with van der Waals surface area (Å²) >= 11 is 0. The van der Waals surface area contributed by atoms with Crippen molar-refractivity contribution in [2.24, 2.45) is 5.73 Å². The minimum absolute atomic E-state index is 0.275. The maximum atomic E-state index is 12.1. The molecule has 0 unspecified atom stereocenters. The summed E-state index contributed by atoms with van der Waals surface area (Å²) in [4.78, 5) is 0. The number of hydrogen-bond donors (Lipinski definition) is 1. The monoisotopic (exact) mass is 197 g/mol. The molecule has 3 heteroatoms. The fourth-order valence-electron chi connectivity index (χ4n) is 1.35. The molecule has 78 valence electrons. The number of alkyl halides is 1. The van der Waals surface area contributed by atoms with E-state index in [9.17, 15) is 4.39 Å². The molecule has 1 atom stereocenters. The Morgan fingerprint density at radius 2 is 2.14 bits per heavy atom.